The van der Waals surface area contributed by atoms with E-state index in [0.717, 1.165) is 11.5 Å². The molecule has 0 spiro atoms. The quantitative estimate of drug-likeness (QED) is 0.504. The van der Waals surface area contributed by atoms with E-state index in [1.165, 1.54) is 0 Å². The summed E-state index contributed by atoms with van der Waals surface area (Å²) in [6.45, 7) is 12.9. The maximum atomic E-state index is 5.42. The minimum atomic E-state index is 0.0238. The summed E-state index contributed by atoms with van der Waals surface area (Å²) < 4.78 is 5.42. The number of hydrogen-bond acceptors (Lipinski definition) is 2. The maximum absolute atomic E-state index is 5.42. The van der Waals surface area contributed by atoms with E-state index in [1.807, 2.05) is 7.05 Å². The molecular formula is C13H25NO. The number of hydrogen-bond donors (Lipinski definition) is 0. The van der Waals surface area contributed by atoms with E-state index >= 15 is 0 Å². The molecule has 0 saturated heterocycles. The summed E-state index contributed by atoms with van der Waals surface area (Å²) in [6, 6.07) is 0. The number of aliphatic imine (C=N–C) groups is 1. The molecule has 0 radical (unpaired) electrons. The molecule has 0 atom stereocenters. The van der Waals surface area contributed by atoms with Gasteiger partial charge in [-0.2, -0.15) is 0 Å². The van der Waals surface area contributed by atoms with Gasteiger partial charge in [0.25, 0.3) is 0 Å². The van der Waals surface area contributed by atoms with Crippen LogP contribution < -0.4 is 0 Å². The Morgan fingerprint density at radius 3 is 1.67 bits per heavy atom. The Hall–Kier alpha value is -0.790. The van der Waals surface area contributed by atoms with Crippen LogP contribution in [0.15, 0.2) is 16.8 Å². The summed E-state index contributed by atoms with van der Waals surface area (Å²) in [6.07, 6.45) is 2.06. The van der Waals surface area contributed by atoms with Gasteiger partial charge in [0.1, 0.15) is 5.76 Å². The van der Waals surface area contributed by atoms with Crippen molar-refractivity contribution in [1.82, 2.24) is 0 Å². The van der Waals surface area contributed by atoms with E-state index in [0.29, 0.717) is 0 Å². The van der Waals surface area contributed by atoms with Crippen molar-refractivity contribution in [3.8, 4) is 0 Å². The Morgan fingerprint density at radius 1 is 1.00 bits per heavy atom. The number of rotatable bonds is 2. The number of nitrogens with zero attached hydrogens (tertiary/aromatic N) is 1. The van der Waals surface area contributed by atoms with Gasteiger partial charge in [-0.3, -0.25) is 4.99 Å². The molecule has 0 unspecified atom stereocenters. The highest BCUT2D eigenvalue weighted by Gasteiger charge is 2.22. The van der Waals surface area contributed by atoms with Crippen LogP contribution in [0.5, 0.6) is 0 Å². The van der Waals surface area contributed by atoms with Crippen molar-refractivity contribution in [3.63, 3.8) is 0 Å². The Morgan fingerprint density at radius 2 is 1.47 bits per heavy atom. The highest BCUT2D eigenvalue weighted by molar-refractivity contribution is 5.99. The summed E-state index contributed by atoms with van der Waals surface area (Å²) in [4.78, 5) is 4.32. The van der Waals surface area contributed by atoms with Crippen molar-refractivity contribution in [2.75, 3.05) is 14.2 Å². The molecule has 88 valence electrons. The zero-order chi connectivity index (χ0) is 12.3. The molecule has 0 bridgehead atoms. The van der Waals surface area contributed by atoms with E-state index in [2.05, 4.69) is 52.6 Å². The second-order valence-corrected chi connectivity index (χ2v) is 5.82. The number of allylic oxidation sites excluding steroid dienone is 2. The molecule has 0 heterocycles. The first-order chi connectivity index (χ1) is 6.62. The summed E-state index contributed by atoms with van der Waals surface area (Å²) >= 11 is 0. The van der Waals surface area contributed by atoms with Crippen LogP contribution in [0.25, 0.3) is 0 Å². The van der Waals surface area contributed by atoms with Gasteiger partial charge in [-0.25, -0.2) is 0 Å². The van der Waals surface area contributed by atoms with E-state index in [9.17, 15) is 0 Å². The topological polar surface area (TPSA) is 21.6 Å². The predicted molar refractivity (Wildman–Crippen MR) is 67.4 cm³/mol. The minimum absolute atomic E-state index is 0.0238. The van der Waals surface area contributed by atoms with Crippen LogP contribution in [-0.2, 0) is 4.74 Å². The predicted octanol–water partition coefficient (Wildman–Crippen LogP) is 3.68. The fourth-order valence-electron chi connectivity index (χ4n) is 1.32. The van der Waals surface area contributed by atoms with Gasteiger partial charge in [0, 0.05) is 23.6 Å². The van der Waals surface area contributed by atoms with Gasteiger partial charge in [0.05, 0.1) is 7.11 Å². The number of methoxy groups -OCH3 is 1. The Kier molecular flexibility index (Phi) is 4.57. The van der Waals surface area contributed by atoms with Crippen LogP contribution in [0.3, 0.4) is 0 Å². The number of ether oxygens (including phenoxy) is 1. The molecule has 0 aromatic heterocycles. The third-order valence-electron chi connectivity index (χ3n) is 2.24. The molecule has 0 aliphatic rings. The van der Waals surface area contributed by atoms with E-state index in [1.54, 1.807) is 7.11 Å². The normalized spacial score (nSPS) is 15.5. The average Bonchev–Trinajstić information content (AvgIpc) is 2.01. The van der Waals surface area contributed by atoms with Crippen LogP contribution in [0, 0.1) is 10.8 Å². The smallest absolute Gasteiger partial charge is 0.103 e. The van der Waals surface area contributed by atoms with Crippen molar-refractivity contribution in [1.29, 1.82) is 0 Å². The molecule has 2 heteroatoms. The van der Waals surface area contributed by atoms with Crippen LogP contribution in [0.4, 0.5) is 0 Å². The summed E-state index contributed by atoms with van der Waals surface area (Å²) in [7, 11) is 3.54. The lowest BCUT2D eigenvalue weighted by molar-refractivity contribution is 0.207. The molecule has 0 aromatic rings. The van der Waals surface area contributed by atoms with Crippen LogP contribution in [0.1, 0.15) is 41.5 Å². The van der Waals surface area contributed by atoms with Gasteiger partial charge >= 0.3 is 0 Å². The highest BCUT2D eigenvalue weighted by atomic mass is 16.5. The van der Waals surface area contributed by atoms with Gasteiger partial charge in [-0.15, -0.1) is 0 Å². The molecule has 0 fully saturated rings. The van der Waals surface area contributed by atoms with Crippen molar-refractivity contribution >= 4 is 5.71 Å². The Labute approximate surface area is 94.4 Å². The highest BCUT2D eigenvalue weighted by Crippen LogP contribution is 2.28. The van der Waals surface area contributed by atoms with Gasteiger partial charge in [-0.05, 0) is 6.08 Å². The maximum Gasteiger partial charge on any atom is 0.103 e. The SMILES string of the molecule is CN=C(C=C(OC)C(C)(C)C)C(C)(C)C. The largest absolute Gasteiger partial charge is 0.500 e. The molecule has 0 N–H and O–H groups in total. The van der Waals surface area contributed by atoms with E-state index < -0.39 is 0 Å². The molecule has 0 aromatic carbocycles. The zero-order valence-electron chi connectivity index (χ0n) is 11.4. The zero-order valence-corrected chi connectivity index (χ0v) is 11.4. The fourth-order valence-corrected chi connectivity index (χ4v) is 1.32. The second-order valence-electron chi connectivity index (χ2n) is 5.82. The van der Waals surface area contributed by atoms with Crippen LogP contribution in [0.2, 0.25) is 0 Å². The first-order valence-corrected chi connectivity index (χ1v) is 5.36. The Balaban J connectivity index is 5.17. The van der Waals surface area contributed by atoms with Crippen molar-refractivity contribution in [2.24, 2.45) is 15.8 Å². The van der Waals surface area contributed by atoms with Crippen LogP contribution >= 0.6 is 0 Å². The molecule has 0 amide bonds. The summed E-state index contributed by atoms with van der Waals surface area (Å²) in [5.74, 6) is 0.970. The Bertz CT molecular complexity index is 261. The monoisotopic (exact) mass is 211 g/mol. The second kappa shape index (κ2) is 4.82. The van der Waals surface area contributed by atoms with Gasteiger partial charge in [-0.1, -0.05) is 41.5 Å². The van der Waals surface area contributed by atoms with Crippen LogP contribution in [-0.4, -0.2) is 19.9 Å². The molecule has 0 aliphatic heterocycles. The van der Waals surface area contributed by atoms with Crippen molar-refractivity contribution in [3.05, 3.63) is 11.8 Å². The molecule has 0 aliphatic carbocycles. The van der Waals surface area contributed by atoms with Crippen molar-refractivity contribution < 1.29 is 4.74 Å². The lowest BCUT2D eigenvalue weighted by Gasteiger charge is -2.25. The van der Waals surface area contributed by atoms with E-state index in [-0.39, 0.29) is 10.8 Å². The fraction of sp³-hybridized carbons (Fsp3) is 0.769. The lowest BCUT2D eigenvalue weighted by atomic mass is 9.86. The minimum Gasteiger partial charge on any atom is -0.500 e. The summed E-state index contributed by atoms with van der Waals surface area (Å²) in [5, 5.41) is 0. The third-order valence-corrected chi connectivity index (χ3v) is 2.24. The first-order valence-electron chi connectivity index (χ1n) is 5.36. The first kappa shape index (κ1) is 14.2. The third kappa shape index (κ3) is 4.50. The molecule has 2 nitrogen and oxygen atoms in total. The molecule has 0 rings (SSSR count). The molecular weight excluding hydrogens is 186 g/mol. The summed E-state index contributed by atoms with van der Waals surface area (Å²) in [5.41, 5.74) is 1.15. The van der Waals surface area contributed by atoms with Gasteiger partial charge in [0.2, 0.25) is 0 Å². The molecule has 15 heavy (non-hydrogen) atoms. The van der Waals surface area contributed by atoms with E-state index in [4.69, 9.17) is 4.74 Å². The lowest BCUT2D eigenvalue weighted by Crippen LogP contribution is -2.21. The standard InChI is InChI=1S/C13H25NO/c1-12(2,3)10(14-7)9-11(15-8)13(4,5)6/h9H,1-8H3. The van der Waals surface area contributed by atoms with Crippen molar-refractivity contribution in [2.45, 2.75) is 41.5 Å². The molecule has 0 saturated carbocycles. The van der Waals surface area contributed by atoms with Gasteiger partial charge in [0.15, 0.2) is 0 Å². The average molecular weight is 211 g/mol. The van der Waals surface area contributed by atoms with Gasteiger partial charge < -0.3 is 4.74 Å².